The fraction of sp³-hybridized carbons (Fsp3) is 0.169. The van der Waals surface area contributed by atoms with Crippen LogP contribution in [0.15, 0.2) is 192 Å². The summed E-state index contributed by atoms with van der Waals surface area (Å²) < 4.78 is 7.29. The molecule has 13 rings (SSSR count). The van der Waals surface area contributed by atoms with Gasteiger partial charge < -0.3 is 14.1 Å². The molecule has 0 atom stereocenters. The first-order chi connectivity index (χ1) is 33.3. The number of anilines is 5. The van der Waals surface area contributed by atoms with Crippen LogP contribution in [0.3, 0.4) is 0 Å². The lowest BCUT2D eigenvalue weighted by molar-refractivity contribution is 0.590. The van der Waals surface area contributed by atoms with Crippen LogP contribution < -0.4 is 20.6 Å². The van der Waals surface area contributed by atoms with Gasteiger partial charge in [-0.25, -0.2) is 0 Å². The molecule has 69 heavy (non-hydrogen) atoms. The second-order valence-electron chi connectivity index (χ2n) is 22.1. The first-order valence-corrected chi connectivity index (χ1v) is 24.6. The average Bonchev–Trinajstić information content (AvgIpc) is 3.85. The van der Waals surface area contributed by atoms with Crippen LogP contribution in [0, 0.1) is 0 Å². The zero-order valence-electron chi connectivity index (χ0n) is 40.8. The number of hydrogen-bond donors (Lipinski definition) is 0. The molecular weight excluding hydrogens is 836 g/mol. The number of para-hydroxylation sites is 1. The summed E-state index contributed by atoms with van der Waals surface area (Å²) in [6.07, 6.45) is 0. The predicted octanol–water partition coefficient (Wildman–Crippen LogP) is 16.5. The molecule has 3 heterocycles. The first-order valence-electron chi connectivity index (χ1n) is 24.6. The first kappa shape index (κ1) is 41.6. The lowest BCUT2D eigenvalue weighted by Crippen LogP contribution is -2.62. The molecule has 10 aromatic rings. The van der Waals surface area contributed by atoms with Gasteiger partial charge in [-0.3, -0.25) is 0 Å². The molecule has 9 aromatic carbocycles. The summed E-state index contributed by atoms with van der Waals surface area (Å²) in [6.45, 7) is 18.4. The van der Waals surface area contributed by atoms with Gasteiger partial charge in [-0.15, -0.1) is 0 Å². The molecular formula is C65H55BN2O. The molecule has 0 saturated heterocycles. The van der Waals surface area contributed by atoms with E-state index in [9.17, 15) is 0 Å². The highest BCUT2D eigenvalue weighted by Crippen LogP contribution is 2.56. The Morgan fingerprint density at radius 2 is 1.10 bits per heavy atom. The van der Waals surface area contributed by atoms with Gasteiger partial charge in [-0.05, 0) is 126 Å². The van der Waals surface area contributed by atoms with Crippen LogP contribution in [0.25, 0.3) is 66.4 Å². The van der Waals surface area contributed by atoms with Crippen molar-refractivity contribution in [1.82, 2.24) is 0 Å². The fourth-order valence-electron chi connectivity index (χ4n) is 12.0. The highest BCUT2D eigenvalue weighted by molar-refractivity contribution is 6.95. The van der Waals surface area contributed by atoms with Gasteiger partial charge in [0.2, 0.25) is 0 Å². The second-order valence-corrected chi connectivity index (χ2v) is 22.1. The zero-order valence-corrected chi connectivity index (χ0v) is 40.8. The molecule has 3 nitrogen and oxygen atoms in total. The molecule has 0 amide bonds. The smallest absolute Gasteiger partial charge is 0.333 e. The van der Waals surface area contributed by atoms with Crippen molar-refractivity contribution in [3.8, 4) is 44.5 Å². The molecule has 2 aliphatic heterocycles. The number of nitrogens with zero attached hydrogens (tertiary/aromatic N) is 2. The maximum Gasteiger partial charge on any atom is 0.333 e. The van der Waals surface area contributed by atoms with E-state index in [2.05, 4.69) is 253 Å². The van der Waals surface area contributed by atoms with E-state index in [4.69, 9.17) is 4.42 Å². The monoisotopic (exact) mass is 890 g/mol. The second kappa shape index (κ2) is 14.7. The molecule has 334 valence electrons. The summed E-state index contributed by atoms with van der Waals surface area (Å²) in [7, 11) is 0. The SMILES string of the molecule is CC(C)(C)c1ccc(N2B3c4c(ccc5c4-c4ccccc4C5(C)C)N(c4ccc(C(C)(C)C)cc4-c4ccccc4)c4c3c(cc3c4oc4ccccc43)-c3ccc(-c4ccccc4)cc32)cc1. The molecule has 3 aliphatic rings. The van der Waals surface area contributed by atoms with Crippen molar-refractivity contribution in [3.63, 3.8) is 0 Å². The largest absolute Gasteiger partial charge is 0.454 e. The van der Waals surface area contributed by atoms with Gasteiger partial charge in [0.15, 0.2) is 5.58 Å². The molecule has 0 saturated carbocycles. The third kappa shape index (κ3) is 6.14. The quantitative estimate of drug-likeness (QED) is 0.164. The Morgan fingerprint density at radius 1 is 0.449 bits per heavy atom. The molecule has 0 N–H and O–H groups in total. The standard InChI is InChI=1S/C65H55BN2O/c1-63(2,3)43-28-31-45(32-29-43)68-56-37-42(40-19-11-9-12-20-40)27-33-46(56)50-39-51-47-23-16-18-26-57(47)69-62(51)61-59(50)66(68)60-55(36-34-53-58(60)48-24-15-17-25-52(48)65(53,7)8)67(61)54-35-30-44(64(4,5)6)38-49(54)41-21-13-10-14-22-41/h9-39H,1-8H3. The Morgan fingerprint density at radius 3 is 1.84 bits per heavy atom. The average molecular weight is 891 g/mol. The lowest BCUT2D eigenvalue weighted by Gasteiger charge is -2.47. The normalized spacial score (nSPS) is 14.4. The molecule has 0 spiro atoms. The van der Waals surface area contributed by atoms with Crippen molar-refractivity contribution in [1.29, 1.82) is 0 Å². The third-order valence-electron chi connectivity index (χ3n) is 15.6. The maximum absolute atomic E-state index is 7.29. The summed E-state index contributed by atoms with van der Waals surface area (Å²) in [5.41, 5.74) is 25.0. The number of hydrogen-bond acceptors (Lipinski definition) is 3. The van der Waals surface area contributed by atoms with Gasteiger partial charge in [0, 0.05) is 44.4 Å². The Labute approximate surface area is 406 Å². The van der Waals surface area contributed by atoms with Crippen LogP contribution >= 0.6 is 0 Å². The summed E-state index contributed by atoms with van der Waals surface area (Å²) in [5, 5.41) is 2.24. The topological polar surface area (TPSA) is 19.6 Å². The Kier molecular flexibility index (Phi) is 8.88. The molecule has 0 radical (unpaired) electrons. The van der Waals surface area contributed by atoms with Gasteiger partial charge in [0.25, 0.3) is 0 Å². The summed E-state index contributed by atoms with van der Waals surface area (Å²) >= 11 is 0. The van der Waals surface area contributed by atoms with Crippen LogP contribution in [0.5, 0.6) is 0 Å². The van der Waals surface area contributed by atoms with E-state index in [0.29, 0.717) is 0 Å². The molecule has 0 unspecified atom stereocenters. The zero-order chi connectivity index (χ0) is 47.1. The molecule has 0 bridgehead atoms. The van der Waals surface area contributed by atoms with Crippen molar-refractivity contribution in [2.45, 2.75) is 71.6 Å². The van der Waals surface area contributed by atoms with Crippen molar-refractivity contribution in [2.75, 3.05) is 9.71 Å². The fourth-order valence-corrected chi connectivity index (χ4v) is 12.0. The Hall–Kier alpha value is -7.56. The molecule has 1 aliphatic carbocycles. The van der Waals surface area contributed by atoms with Crippen molar-refractivity contribution in [3.05, 3.63) is 210 Å². The van der Waals surface area contributed by atoms with Crippen LogP contribution in [0.1, 0.15) is 77.6 Å². The lowest BCUT2D eigenvalue weighted by atomic mass is 9.42. The van der Waals surface area contributed by atoms with Crippen LogP contribution in [-0.2, 0) is 16.2 Å². The van der Waals surface area contributed by atoms with E-state index in [1.165, 1.54) is 83.4 Å². The number of furan rings is 1. The van der Waals surface area contributed by atoms with Crippen LogP contribution in [-0.4, -0.2) is 6.85 Å². The van der Waals surface area contributed by atoms with E-state index in [1.54, 1.807) is 0 Å². The molecule has 0 fully saturated rings. The van der Waals surface area contributed by atoms with Crippen LogP contribution in [0.2, 0.25) is 0 Å². The van der Waals surface area contributed by atoms with Gasteiger partial charge >= 0.3 is 6.85 Å². The van der Waals surface area contributed by atoms with E-state index >= 15 is 0 Å². The van der Waals surface area contributed by atoms with Crippen molar-refractivity contribution in [2.24, 2.45) is 0 Å². The van der Waals surface area contributed by atoms with E-state index in [0.717, 1.165) is 44.7 Å². The minimum absolute atomic E-state index is 0.00145. The van der Waals surface area contributed by atoms with E-state index < -0.39 is 0 Å². The summed E-state index contributed by atoms with van der Waals surface area (Å²) in [5.74, 6) is 0. The minimum atomic E-state index is -0.233. The summed E-state index contributed by atoms with van der Waals surface area (Å²) in [6, 6.07) is 70.7. The summed E-state index contributed by atoms with van der Waals surface area (Å²) in [4.78, 5) is 5.28. The minimum Gasteiger partial charge on any atom is -0.454 e. The van der Waals surface area contributed by atoms with Gasteiger partial charge in [0.1, 0.15) is 5.58 Å². The van der Waals surface area contributed by atoms with Gasteiger partial charge in [-0.2, -0.15) is 0 Å². The third-order valence-corrected chi connectivity index (χ3v) is 15.6. The van der Waals surface area contributed by atoms with Crippen molar-refractivity contribution >= 4 is 68.1 Å². The highest BCUT2D eigenvalue weighted by Gasteiger charge is 2.51. The van der Waals surface area contributed by atoms with E-state index in [-0.39, 0.29) is 23.1 Å². The Bertz CT molecular complexity index is 3720. The Balaban J connectivity index is 1.23. The van der Waals surface area contributed by atoms with Gasteiger partial charge in [-0.1, -0.05) is 195 Å². The number of rotatable bonds is 4. The molecule has 4 heteroatoms. The number of fused-ring (bicyclic) bond motifs is 12. The predicted molar refractivity (Wildman–Crippen MR) is 293 cm³/mol. The number of benzene rings is 9. The highest BCUT2D eigenvalue weighted by atomic mass is 16.3. The van der Waals surface area contributed by atoms with Gasteiger partial charge in [0.05, 0.1) is 11.4 Å². The van der Waals surface area contributed by atoms with E-state index in [1.807, 2.05) is 0 Å². The van der Waals surface area contributed by atoms with Crippen molar-refractivity contribution < 1.29 is 4.42 Å². The molecule has 1 aromatic heterocycles. The van der Waals surface area contributed by atoms with Crippen LogP contribution in [0.4, 0.5) is 28.4 Å². The maximum atomic E-state index is 7.29.